The molecule has 2 heterocycles. The second-order valence-corrected chi connectivity index (χ2v) is 6.73. The van der Waals surface area contributed by atoms with E-state index in [0.29, 0.717) is 22.3 Å². The van der Waals surface area contributed by atoms with E-state index >= 15 is 0 Å². The van der Waals surface area contributed by atoms with Gasteiger partial charge in [0.1, 0.15) is 11.6 Å². The molecule has 3 rings (SSSR count). The molecule has 0 radical (unpaired) electrons. The Bertz CT molecular complexity index is 847. The lowest BCUT2D eigenvalue weighted by molar-refractivity contribution is -0.116. The summed E-state index contributed by atoms with van der Waals surface area (Å²) in [5, 5.41) is 3.43. The van der Waals surface area contributed by atoms with E-state index in [0.717, 1.165) is 11.3 Å². The lowest BCUT2D eigenvalue weighted by atomic mass is 9.86. The maximum atomic E-state index is 12.7. The Hall–Kier alpha value is -2.28. The van der Waals surface area contributed by atoms with E-state index < -0.39 is 0 Å². The molecule has 0 saturated heterocycles. The van der Waals surface area contributed by atoms with Crippen LogP contribution in [0.15, 0.2) is 34.2 Å². The van der Waals surface area contributed by atoms with Gasteiger partial charge in [-0.05, 0) is 11.8 Å². The zero-order valence-corrected chi connectivity index (χ0v) is 14.6. The van der Waals surface area contributed by atoms with Gasteiger partial charge >= 0.3 is 0 Å². The van der Waals surface area contributed by atoms with Crippen LogP contribution in [0.3, 0.4) is 0 Å². The maximum Gasteiger partial charge on any atom is 0.279 e. The molecule has 0 spiro atoms. The van der Waals surface area contributed by atoms with Crippen LogP contribution < -0.4 is 15.6 Å². The number of para-hydroxylation sites is 1. The summed E-state index contributed by atoms with van der Waals surface area (Å²) in [4.78, 5) is 29.1. The zero-order chi connectivity index (χ0) is 17.3. The lowest BCUT2D eigenvalue weighted by Crippen LogP contribution is -2.33. The summed E-state index contributed by atoms with van der Waals surface area (Å²) in [6, 6.07) is 7.47. The highest BCUT2D eigenvalue weighted by atomic mass is 32.2. The molecule has 6 nitrogen and oxygen atoms in total. The molecule has 1 aliphatic heterocycles. The number of nitrogens with one attached hydrogen (secondary N) is 1. The summed E-state index contributed by atoms with van der Waals surface area (Å²) in [7, 11) is 3.40. The molecule has 0 aliphatic carbocycles. The Morgan fingerprint density at radius 1 is 1.38 bits per heavy atom. The van der Waals surface area contributed by atoms with Gasteiger partial charge in [0.15, 0.2) is 5.16 Å². The molecule has 0 bridgehead atoms. The lowest BCUT2D eigenvalue weighted by Gasteiger charge is -2.28. The van der Waals surface area contributed by atoms with Crippen LogP contribution in [0.25, 0.3) is 0 Å². The third-order valence-corrected chi connectivity index (χ3v) is 5.00. The van der Waals surface area contributed by atoms with Crippen LogP contribution >= 0.6 is 11.8 Å². The highest BCUT2D eigenvalue weighted by molar-refractivity contribution is 7.99. The van der Waals surface area contributed by atoms with Gasteiger partial charge in [0, 0.05) is 24.9 Å². The molecular weight excluding hydrogens is 326 g/mol. The minimum Gasteiger partial charge on any atom is -0.496 e. The number of benzene rings is 1. The predicted octanol–water partition coefficient (Wildman–Crippen LogP) is 2.38. The Morgan fingerprint density at radius 3 is 2.83 bits per heavy atom. The van der Waals surface area contributed by atoms with Crippen LogP contribution in [0.1, 0.15) is 30.4 Å². The van der Waals surface area contributed by atoms with E-state index in [-0.39, 0.29) is 23.8 Å². The number of hydrogen-bond donors (Lipinski definition) is 1. The average molecular weight is 345 g/mol. The van der Waals surface area contributed by atoms with E-state index in [1.54, 1.807) is 11.7 Å². The van der Waals surface area contributed by atoms with Crippen molar-refractivity contribution < 1.29 is 9.53 Å². The molecule has 1 N–H and O–H groups in total. The fraction of sp³-hybridized carbons (Fsp3) is 0.353. The average Bonchev–Trinajstić information content (AvgIpc) is 2.58. The van der Waals surface area contributed by atoms with Gasteiger partial charge in [0.05, 0.1) is 12.7 Å². The SMILES string of the molecule is CCSc1nc(=O)c2c(n1C)NC(=O)C[C@H]2c1ccccc1OC. The second-order valence-electron chi connectivity index (χ2n) is 5.50. The number of methoxy groups -OCH3 is 1. The molecule has 1 atom stereocenters. The summed E-state index contributed by atoms with van der Waals surface area (Å²) in [5.74, 6) is 1.50. The van der Waals surface area contributed by atoms with Crippen LogP contribution in [-0.4, -0.2) is 28.3 Å². The smallest absolute Gasteiger partial charge is 0.279 e. The first-order valence-electron chi connectivity index (χ1n) is 7.73. The minimum atomic E-state index is -0.364. The number of carbonyl (C=O) groups excluding carboxylic acids is 1. The molecule has 0 unspecified atom stereocenters. The minimum absolute atomic E-state index is 0.118. The first-order valence-corrected chi connectivity index (χ1v) is 8.71. The fourth-order valence-electron chi connectivity index (χ4n) is 3.01. The Kier molecular flexibility index (Phi) is 4.62. The van der Waals surface area contributed by atoms with Gasteiger partial charge in [-0.1, -0.05) is 36.9 Å². The van der Waals surface area contributed by atoms with Crippen LogP contribution in [0.2, 0.25) is 0 Å². The largest absolute Gasteiger partial charge is 0.496 e. The first-order chi connectivity index (χ1) is 11.6. The van der Waals surface area contributed by atoms with Crippen molar-refractivity contribution in [1.82, 2.24) is 9.55 Å². The number of anilines is 1. The quantitative estimate of drug-likeness (QED) is 0.680. The summed E-state index contributed by atoms with van der Waals surface area (Å²) in [5.41, 5.74) is 1.04. The molecule has 24 heavy (non-hydrogen) atoms. The molecule has 1 aliphatic rings. The van der Waals surface area contributed by atoms with Crippen molar-refractivity contribution in [3.8, 4) is 5.75 Å². The second kappa shape index (κ2) is 6.68. The van der Waals surface area contributed by atoms with Crippen LogP contribution in [-0.2, 0) is 11.8 Å². The highest BCUT2D eigenvalue weighted by Gasteiger charge is 2.33. The van der Waals surface area contributed by atoms with E-state index in [1.165, 1.54) is 11.8 Å². The molecule has 7 heteroatoms. The van der Waals surface area contributed by atoms with Crippen LogP contribution in [0.5, 0.6) is 5.75 Å². The highest BCUT2D eigenvalue weighted by Crippen LogP contribution is 2.39. The number of rotatable bonds is 4. The van der Waals surface area contributed by atoms with Gasteiger partial charge < -0.3 is 14.6 Å². The van der Waals surface area contributed by atoms with E-state index in [4.69, 9.17) is 4.74 Å². The van der Waals surface area contributed by atoms with Crippen molar-refractivity contribution in [2.75, 3.05) is 18.2 Å². The fourth-order valence-corrected chi connectivity index (χ4v) is 3.70. The van der Waals surface area contributed by atoms with Crippen molar-refractivity contribution in [1.29, 1.82) is 0 Å². The van der Waals surface area contributed by atoms with Gasteiger partial charge in [0.25, 0.3) is 5.56 Å². The molecule has 0 saturated carbocycles. The monoisotopic (exact) mass is 345 g/mol. The molecule has 1 aromatic carbocycles. The topological polar surface area (TPSA) is 73.2 Å². The number of amides is 1. The predicted molar refractivity (Wildman–Crippen MR) is 94.0 cm³/mol. The van der Waals surface area contributed by atoms with E-state index in [2.05, 4.69) is 10.3 Å². The normalized spacial score (nSPS) is 16.5. The van der Waals surface area contributed by atoms with Crippen molar-refractivity contribution in [2.45, 2.75) is 24.4 Å². The summed E-state index contributed by atoms with van der Waals surface area (Å²) >= 11 is 1.47. The Labute approximate surface area is 144 Å². The summed E-state index contributed by atoms with van der Waals surface area (Å²) < 4.78 is 7.20. The number of nitrogens with zero attached hydrogens (tertiary/aromatic N) is 2. The molecule has 126 valence electrons. The maximum absolute atomic E-state index is 12.7. The van der Waals surface area contributed by atoms with Gasteiger partial charge in [0.2, 0.25) is 5.91 Å². The molecule has 1 aromatic heterocycles. The van der Waals surface area contributed by atoms with Crippen molar-refractivity contribution in [2.24, 2.45) is 7.05 Å². The van der Waals surface area contributed by atoms with Gasteiger partial charge in [-0.15, -0.1) is 0 Å². The number of aromatic nitrogens is 2. The number of thioether (sulfide) groups is 1. The molecule has 0 fully saturated rings. The standard InChI is InChI=1S/C17H19N3O3S/c1-4-24-17-19-16(22)14-11(9-13(21)18-15(14)20(17)2)10-7-5-6-8-12(10)23-3/h5-8,11H,4,9H2,1-3H3,(H,18,21)/t11-/m0/s1. The third-order valence-electron chi connectivity index (χ3n) is 4.09. The Balaban J connectivity index is 2.22. The van der Waals surface area contributed by atoms with Crippen molar-refractivity contribution in [3.05, 3.63) is 45.7 Å². The van der Waals surface area contributed by atoms with Gasteiger partial charge in [-0.3, -0.25) is 9.59 Å². The third kappa shape index (κ3) is 2.80. The van der Waals surface area contributed by atoms with Gasteiger partial charge in [-0.2, -0.15) is 4.98 Å². The molecular formula is C17H19N3O3S. The van der Waals surface area contributed by atoms with E-state index in [1.807, 2.05) is 38.2 Å². The summed E-state index contributed by atoms with van der Waals surface area (Å²) in [6.45, 7) is 1.99. The first kappa shape index (κ1) is 16.6. The van der Waals surface area contributed by atoms with Crippen LogP contribution in [0, 0.1) is 0 Å². The van der Waals surface area contributed by atoms with Crippen LogP contribution in [0.4, 0.5) is 5.82 Å². The molecule has 2 aromatic rings. The van der Waals surface area contributed by atoms with Crippen molar-refractivity contribution >= 4 is 23.5 Å². The zero-order valence-electron chi connectivity index (χ0n) is 13.8. The van der Waals surface area contributed by atoms with Crippen molar-refractivity contribution in [3.63, 3.8) is 0 Å². The number of fused-ring (bicyclic) bond motifs is 1. The number of ether oxygens (including phenoxy) is 1. The van der Waals surface area contributed by atoms with E-state index in [9.17, 15) is 9.59 Å². The summed E-state index contributed by atoms with van der Waals surface area (Å²) in [6.07, 6.45) is 0.199. The Morgan fingerprint density at radius 2 is 2.12 bits per heavy atom. The van der Waals surface area contributed by atoms with Gasteiger partial charge in [-0.25, -0.2) is 0 Å². The number of carbonyl (C=O) groups is 1. The molecule has 1 amide bonds. The number of hydrogen-bond acceptors (Lipinski definition) is 5.